The van der Waals surface area contributed by atoms with Crippen LogP contribution in [0.1, 0.15) is 38.2 Å². The first-order chi connectivity index (χ1) is 9.31. The Labute approximate surface area is 114 Å². The van der Waals surface area contributed by atoms with Crippen LogP contribution in [-0.2, 0) is 14.3 Å². The first-order valence-electron chi connectivity index (χ1n) is 6.94. The van der Waals surface area contributed by atoms with E-state index in [4.69, 9.17) is 9.47 Å². The van der Waals surface area contributed by atoms with Crippen molar-refractivity contribution in [1.82, 2.24) is 4.98 Å². The standard InChI is InChI=1S/C13H15NO3.C2H6/c1-16-13(15)12-10-3-2-9(17-10)11(12)8-4-6-14-7-5-8;1-2/h4-7,9-12H,2-3H2,1H3;1-2H3. The van der Waals surface area contributed by atoms with Gasteiger partial charge < -0.3 is 9.47 Å². The number of carbonyl (C=O) groups is 1. The summed E-state index contributed by atoms with van der Waals surface area (Å²) >= 11 is 0. The molecule has 104 valence electrons. The summed E-state index contributed by atoms with van der Waals surface area (Å²) in [4.78, 5) is 15.9. The Morgan fingerprint density at radius 2 is 1.89 bits per heavy atom. The van der Waals surface area contributed by atoms with Gasteiger partial charge in [-0.15, -0.1) is 0 Å². The number of ether oxygens (including phenoxy) is 2. The summed E-state index contributed by atoms with van der Waals surface area (Å²) in [5.74, 6) is -0.177. The summed E-state index contributed by atoms with van der Waals surface area (Å²) in [5, 5.41) is 0. The first kappa shape index (κ1) is 14.0. The highest BCUT2D eigenvalue weighted by atomic mass is 16.5. The molecule has 3 rings (SSSR count). The molecule has 2 bridgehead atoms. The summed E-state index contributed by atoms with van der Waals surface area (Å²) in [6.45, 7) is 4.00. The molecule has 19 heavy (non-hydrogen) atoms. The van der Waals surface area contributed by atoms with E-state index in [1.54, 1.807) is 12.4 Å². The minimum absolute atomic E-state index is 0.0330. The van der Waals surface area contributed by atoms with E-state index in [9.17, 15) is 4.79 Å². The third kappa shape index (κ3) is 2.50. The van der Waals surface area contributed by atoms with Crippen molar-refractivity contribution >= 4 is 5.97 Å². The SMILES string of the molecule is CC.COC(=O)C1C2CCC(O2)C1c1ccncc1. The zero-order valence-corrected chi connectivity index (χ0v) is 11.7. The molecule has 1 aromatic rings. The number of hydrogen-bond donors (Lipinski definition) is 0. The third-order valence-corrected chi connectivity index (χ3v) is 3.84. The van der Waals surface area contributed by atoms with Crippen LogP contribution in [0, 0.1) is 5.92 Å². The van der Waals surface area contributed by atoms with Gasteiger partial charge in [0.05, 0.1) is 25.2 Å². The highest BCUT2D eigenvalue weighted by molar-refractivity contribution is 5.75. The number of methoxy groups -OCH3 is 1. The van der Waals surface area contributed by atoms with Crippen molar-refractivity contribution in [1.29, 1.82) is 0 Å². The molecule has 2 aliphatic rings. The monoisotopic (exact) mass is 263 g/mol. The number of hydrogen-bond acceptors (Lipinski definition) is 4. The Hall–Kier alpha value is -1.42. The topological polar surface area (TPSA) is 48.4 Å². The van der Waals surface area contributed by atoms with Crippen molar-refractivity contribution in [2.75, 3.05) is 7.11 Å². The maximum absolute atomic E-state index is 11.9. The lowest BCUT2D eigenvalue weighted by atomic mass is 9.76. The molecular weight excluding hydrogens is 242 g/mol. The number of aromatic nitrogens is 1. The fourth-order valence-electron chi connectivity index (χ4n) is 3.12. The largest absolute Gasteiger partial charge is 0.469 e. The fourth-order valence-corrected chi connectivity index (χ4v) is 3.12. The molecule has 2 aliphatic heterocycles. The lowest BCUT2D eigenvalue weighted by Crippen LogP contribution is -2.32. The number of fused-ring (bicyclic) bond motifs is 2. The predicted octanol–water partition coefficient (Wildman–Crippen LogP) is 2.54. The van der Waals surface area contributed by atoms with Gasteiger partial charge in [0, 0.05) is 18.3 Å². The molecule has 0 saturated carbocycles. The Kier molecular flexibility index (Phi) is 4.53. The van der Waals surface area contributed by atoms with Gasteiger partial charge in [-0.3, -0.25) is 9.78 Å². The number of nitrogens with zero attached hydrogens (tertiary/aromatic N) is 1. The Morgan fingerprint density at radius 1 is 1.26 bits per heavy atom. The van der Waals surface area contributed by atoms with E-state index in [2.05, 4.69) is 4.98 Å². The molecule has 3 heterocycles. The normalized spacial score (nSPS) is 31.5. The summed E-state index contributed by atoms with van der Waals surface area (Å²) in [6, 6.07) is 3.93. The highest BCUT2D eigenvalue weighted by Gasteiger charge is 2.53. The van der Waals surface area contributed by atoms with Crippen molar-refractivity contribution in [2.24, 2.45) is 5.92 Å². The van der Waals surface area contributed by atoms with Gasteiger partial charge >= 0.3 is 5.97 Å². The van der Waals surface area contributed by atoms with Gasteiger partial charge in [-0.1, -0.05) is 13.8 Å². The van der Waals surface area contributed by atoms with E-state index in [0.717, 1.165) is 18.4 Å². The average Bonchev–Trinajstić information content (AvgIpc) is 3.10. The lowest BCUT2D eigenvalue weighted by molar-refractivity contribution is -0.147. The average molecular weight is 263 g/mol. The zero-order valence-electron chi connectivity index (χ0n) is 11.7. The quantitative estimate of drug-likeness (QED) is 0.769. The predicted molar refractivity (Wildman–Crippen MR) is 71.7 cm³/mol. The molecule has 0 spiro atoms. The van der Waals surface area contributed by atoms with E-state index >= 15 is 0 Å². The van der Waals surface area contributed by atoms with E-state index in [1.807, 2.05) is 26.0 Å². The van der Waals surface area contributed by atoms with Gasteiger partial charge in [0.2, 0.25) is 0 Å². The van der Waals surface area contributed by atoms with Gasteiger partial charge in [-0.2, -0.15) is 0 Å². The third-order valence-electron chi connectivity index (χ3n) is 3.84. The first-order valence-corrected chi connectivity index (χ1v) is 6.94. The van der Waals surface area contributed by atoms with Crippen LogP contribution < -0.4 is 0 Å². The molecule has 4 unspecified atom stereocenters. The van der Waals surface area contributed by atoms with Crippen LogP contribution in [0.5, 0.6) is 0 Å². The Balaban J connectivity index is 0.000000637. The van der Waals surface area contributed by atoms with Crippen molar-refractivity contribution in [3.8, 4) is 0 Å². The minimum atomic E-state index is -0.154. The van der Waals surface area contributed by atoms with Crippen LogP contribution in [0.4, 0.5) is 0 Å². The van der Waals surface area contributed by atoms with Crippen molar-refractivity contribution in [3.63, 3.8) is 0 Å². The lowest BCUT2D eigenvalue weighted by Gasteiger charge is -2.26. The molecule has 0 radical (unpaired) electrons. The van der Waals surface area contributed by atoms with E-state index in [0.29, 0.717) is 0 Å². The molecule has 4 atom stereocenters. The number of esters is 1. The van der Waals surface area contributed by atoms with Gasteiger partial charge in [0.25, 0.3) is 0 Å². The van der Waals surface area contributed by atoms with Crippen molar-refractivity contribution in [2.45, 2.75) is 44.8 Å². The molecule has 4 heteroatoms. The number of pyridine rings is 1. The molecule has 2 fully saturated rings. The summed E-state index contributed by atoms with van der Waals surface area (Å²) in [6.07, 6.45) is 5.71. The van der Waals surface area contributed by atoms with E-state index < -0.39 is 0 Å². The molecule has 2 saturated heterocycles. The molecule has 1 aromatic heterocycles. The van der Waals surface area contributed by atoms with Crippen LogP contribution in [-0.4, -0.2) is 30.3 Å². The van der Waals surface area contributed by atoms with Gasteiger partial charge in [0.15, 0.2) is 0 Å². The van der Waals surface area contributed by atoms with Crippen LogP contribution in [0.25, 0.3) is 0 Å². The van der Waals surface area contributed by atoms with E-state index in [-0.39, 0.29) is 30.0 Å². The van der Waals surface area contributed by atoms with Gasteiger partial charge in [-0.25, -0.2) is 0 Å². The van der Waals surface area contributed by atoms with E-state index in [1.165, 1.54) is 7.11 Å². The second kappa shape index (κ2) is 6.15. The number of carbonyl (C=O) groups excluding carboxylic acids is 1. The zero-order chi connectivity index (χ0) is 13.8. The summed E-state index contributed by atoms with van der Waals surface area (Å²) < 4.78 is 10.8. The van der Waals surface area contributed by atoms with Crippen LogP contribution in [0.3, 0.4) is 0 Å². The van der Waals surface area contributed by atoms with Gasteiger partial charge in [-0.05, 0) is 30.5 Å². The van der Waals surface area contributed by atoms with Gasteiger partial charge in [0.1, 0.15) is 0 Å². The molecule has 0 N–H and O–H groups in total. The summed E-state index contributed by atoms with van der Waals surface area (Å²) in [5.41, 5.74) is 1.13. The fraction of sp³-hybridized carbons (Fsp3) is 0.600. The molecule has 0 amide bonds. The minimum Gasteiger partial charge on any atom is -0.469 e. The second-order valence-electron chi connectivity index (χ2n) is 4.65. The summed E-state index contributed by atoms with van der Waals surface area (Å²) in [7, 11) is 1.44. The van der Waals surface area contributed by atoms with Crippen molar-refractivity contribution in [3.05, 3.63) is 30.1 Å². The Morgan fingerprint density at radius 3 is 2.53 bits per heavy atom. The maximum Gasteiger partial charge on any atom is 0.312 e. The number of rotatable bonds is 2. The highest BCUT2D eigenvalue weighted by Crippen LogP contribution is 2.49. The van der Waals surface area contributed by atoms with Crippen LogP contribution in [0.2, 0.25) is 0 Å². The second-order valence-corrected chi connectivity index (χ2v) is 4.65. The van der Waals surface area contributed by atoms with Crippen molar-refractivity contribution < 1.29 is 14.3 Å². The van der Waals surface area contributed by atoms with Crippen LogP contribution >= 0.6 is 0 Å². The smallest absolute Gasteiger partial charge is 0.312 e. The molecule has 4 nitrogen and oxygen atoms in total. The van der Waals surface area contributed by atoms with Crippen LogP contribution in [0.15, 0.2) is 24.5 Å². The molecule has 0 aliphatic carbocycles. The molecular formula is C15H21NO3. The molecule has 0 aromatic carbocycles. The maximum atomic E-state index is 11.9. The Bertz CT molecular complexity index is 421.